The van der Waals surface area contributed by atoms with E-state index in [4.69, 9.17) is 4.74 Å². The van der Waals surface area contributed by atoms with Crippen LogP contribution in [0.1, 0.15) is 11.6 Å². The van der Waals surface area contributed by atoms with Gasteiger partial charge in [0.15, 0.2) is 0 Å². The first-order valence-corrected chi connectivity index (χ1v) is 10.0. The minimum atomic E-state index is -4.91. The van der Waals surface area contributed by atoms with Crippen LogP contribution in [0.2, 0.25) is 0 Å². The van der Waals surface area contributed by atoms with Gasteiger partial charge in [-0.05, 0) is 29.8 Å². The molecule has 0 aliphatic carbocycles. The number of benzene rings is 2. The molecule has 0 spiro atoms. The first-order valence-electron chi connectivity index (χ1n) is 10.0. The molecule has 2 heterocycles. The summed E-state index contributed by atoms with van der Waals surface area (Å²) in [7, 11) is 0. The topological polar surface area (TPSA) is 105 Å². The number of ether oxygens (including phenoxy) is 2. The van der Waals surface area contributed by atoms with Crippen molar-refractivity contribution in [2.24, 2.45) is 11.8 Å². The fourth-order valence-electron chi connectivity index (χ4n) is 4.30. The second kappa shape index (κ2) is 8.74. The third-order valence-corrected chi connectivity index (χ3v) is 5.61. The average Bonchev–Trinajstić information content (AvgIpc) is 3.26. The van der Waals surface area contributed by atoms with Crippen molar-refractivity contribution in [2.75, 3.05) is 13.2 Å². The van der Waals surface area contributed by atoms with Gasteiger partial charge in [-0.15, -0.1) is 13.2 Å². The predicted molar refractivity (Wildman–Crippen MR) is 106 cm³/mol. The number of carboxylic acid groups (broad SMARTS) is 1. The number of fused-ring (bicyclic) bond motifs is 1. The first kappa shape index (κ1) is 22.6. The van der Waals surface area contributed by atoms with Gasteiger partial charge in [-0.3, -0.25) is 24.6 Å². The Bertz CT molecular complexity index is 1060. The van der Waals surface area contributed by atoms with Crippen molar-refractivity contribution in [3.63, 3.8) is 0 Å². The number of nitrogens with zero attached hydrogens (tertiary/aromatic N) is 1. The molecular formula is C22H19F3N2O6. The predicted octanol–water partition coefficient (Wildman–Crippen LogP) is 2.36. The van der Waals surface area contributed by atoms with Crippen LogP contribution in [0.25, 0.3) is 0 Å². The molecule has 2 amide bonds. The highest BCUT2D eigenvalue weighted by Crippen LogP contribution is 2.44. The number of hydrogen-bond acceptors (Lipinski definition) is 6. The van der Waals surface area contributed by atoms with Crippen LogP contribution >= 0.6 is 0 Å². The summed E-state index contributed by atoms with van der Waals surface area (Å²) in [6.07, 6.45) is -4.91. The Morgan fingerprint density at radius 3 is 2.33 bits per heavy atom. The molecule has 174 valence electrons. The van der Waals surface area contributed by atoms with Crippen LogP contribution in [-0.4, -0.2) is 53.3 Å². The largest absolute Gasteiger partial charge is 0.573 e. The second-order valence-electron chi connectivity index (χ2n) is 7.62. The van der Waals surface area contributed by atoms with E-state index < -0.39 is 53.8 Å². The number of hydrogen-bond donors (Lipinski definition) is 2. The lowest BCUT2D eigenvalue weighted by Gasteiger charge is -2.22. The first-order chi connectivity index (χ1) is 15.7. The number of halogens is 3. The highest BCUT2D eigenvalue weighted by atomic mass is 19.4. The van der Waals surface area contributed by atoms with Crippen LogP contribution < -0.4 is 14.8 Å². The van der Waals surface area contributed by atoms with E-state index in [1.807, 2.05) is 0 Å². The minimum Gasteiger partial charge on any atom is -0.492 e. The molecule has 4 unspecified atom stereocenters. The van der Waals surface area contributed by atoms with Gasteiger partial charge in [0, 0.05) is 6.04 Å². The van der Waals surface area contributed by atoms with Crippen molar-refractivity contribution in [2.45, 2.75) is 18.4 Å². The van der Waals surface area contributed by atoms with E-state index in [2.05, 4.69) is 10.1 Å². The molecule has 2 fully saturated rings. The van der Waals surface area contributed by atoms with E-state index in [9.17, 15) is 32.7 Å². The summed E-state index contributed by atoms with van der Waals surface area (Å²) in [6.45, 7) is -0.0818. The lowest BCUT2D eigenvalue weighted by Crippen LogP contribution is -2.44. The van der Waals surface area contributed by atoms with Gasteiger partial charge in [0.05, 0.1) is 18.4 Å². The average molecular weight is 464 g/mol. The SMILES string of the molecule is O=C(O)C1NC(c2cccc(OC(F)(F)F)c2)C2C(=O)N(CCOc3ccccc3)C(=O)C12. The van der Waals surface area contributed by atoms with Crippen molar-refractivity contribution in [1.82, 2.24) is 10.2 Å². The fraction of sp³-hybridized carbons (Fsp3) is 0.318. The number of carbonyl (C=O) groups excluding carboxylic acids is 2. The van der Waals surface area contributed by atoms with E-state index >= 15 is 0 Å². The van der Waals surface area contributed by atoms with Gasteiger partial charge in [-0.1, -0.05) is 30.3 Å². The second-order valence-corrected chi connectivity index (χ2v) is 7.62. The zero-order valence-electron chi connectivity index (χ0n) is 17.0. The van der Waals surface area contributed by atoms with Gasteiger partial charge in [0.25, 0.3) is 0 Å². The number of imide groups is 1. The molecule has 2 aromatic rings. The fourth-order valence-corrected chi connectivity index (χ4v) is 4.30. The van der Waals surface area contributed by atoms with Gasteiger partial charge >= 0.3 is 12.3 Å². The zero-order valence-corrected chi connectivity index (χ0v) is 17.0. The third-order valence-electron chi connectivity index (χ3n) is 5.61. The molecule has 4 atom stereocenters. The van der Waals surface area contributed by atoms with Crippen molar-refractivity contribution in [3.8, 4) is 11.5 Å². The van der Waals surface area contributed by atoms with Crippen molar-refractivity contribution >= 4 is 17.8 Å². The van der Waals surface area contributed by atoms with E-state index in [1.54, 1.807) is 30.3 Å². The molecule has 2 aromatic carbocycles. The van der Waals surface area contributed by atoms with Crippen molar-refractivity contribution in [1.29, 1.82) is 0 Å². The van der Waals surface area contributed by atoms with Crippen LogP contribution in [0, 0.1) is 11.8 Å². The normalized spacial score (nSPS) is 24.6. The number of rotatable bonds is 7. The Hall–Kier alpha value is -3.60. The Morgan fingerprint density at radius 1 is 1.00 bits per heavy atom. The number of carbonyl (C=O) groups is 3. The Labute approximate surface area is 185 Å². The molecule has 0 aromatic heterocycles. The molecule has 2 aliphatic heterocycles. The van der Waals surface area contributed by atoms with Crippen LogP contribution in [0.15, 0.2) is 54.6 Å². The van der Waals surface area contributed by atoms with Gasteiger partial charge in [0.1, 0.15) is 24.1 Å². The van der Waals surface area contributed by atoms with Crippen molar-refractivity contribution < 1.29 is 42.1 Å². The van der Waals surface area contributed by atoms with E-state index in [0.29, 0.717) is 5.75 Å². The van der Waals surface area contributed by atoms with Crippen LogP contribution in [0.4, 0.5) is 13.2 Å². The van der Waals surface area contributed by atoms with Gasteiger partial charge < -0.3 is 14.6 Å². The van der Waals surface area contributed by atoms with E-state index in [-0.39, 0.29) is 18.7 Å². The highest BCUT2D eigenvalue weighted by Gasteiger charge is 2.60. The molecular weight excluding hydrogens is 445 g/mol. The summed E-state index contributed by atoms with van der Waals surface area (Å²) in [6, 6.07) is 11.3. The van der Waals surface area contributed by atoms with Crippen LogP contribution in [0.3, 0.4) is 0 Å². The number of aliphatic carboxylic acids is 1. The number of likely N-dealkylation sites (tertiary alicyclic amines) is 1. The zero-order chi connectivity index (χ0) is 23.8. The molecule has 33 heavy (non-hydrogen) atoms. The molecule has 4 rings (SSSR count). The maximum Gasteiger partial charge on any atom is 0.573 e. The summed E-state index contributed by atoms with van der Waals surface area (Å²) in [5, 5.41) is 12.3. The van der Waals surface area contributed by atoms with E-state index in [0.717, 1.165) is 17.0 Å². The van der Waals surface area contributed by atoms with Crippen LogP contribution in [0.5, 0.6) is 11.5 Å². The Kier molecular flexibility index (Phi) is 5.98. The van der Waals surface area contributed by atoms with Gasteiger partial charge in [0.2, 0.25) is 11.8 Å². The molecule has 2 aliphatic rings. The van der Waals surface area contributed by atoms with Gasteiger partial charge in [-0.25, -0.2) is 0 Å². The summed E-state index contributed by atoms with van der Waals surface area (Å²) < 4.78 is 47.3. The molecule has 0 saturated carbocycles. The van der Waals surface area contributed by atoms with E-state index in [1.165, 1.54) is 12.1 Å². The monoisotopic (exact) mass is 464 g/mol. The maximum absolute atomic E-state index is 13.1. The molecule has 2 saturated heterocycles. The molecule has 2 N–H and O–H groups in total. The third kappa shape index (κ3) is 4.63. The number of amides is 2. The Balaban J connectivity index is 1.55. The Morgan fingerprint density at radius 2 is 1.67 bits per heavy atom. The quantitative estimate of drug-likeness (QED) is 0.606. The molecule has 0 bridgehead atoms. The minimum absolute atomic E-state index is 0.00563. The summed E-state index contributed by atoms with van der Waals surface area (Å²) in [5.41, 5.74) is 0.207. The molecule has 11 heteroatoms. The van der Waals surface area contributed by atoms with Gasteiger partial charge in [-0.2, -0.15) is 0 Å². The smallest absolute Gasteiger partial charge is 0.492 e. The summed E-state index contributed by atoms with van der Waals surface area (Å²) in [5.74, 6) is -4.85. The summed E-state index contributed by atoms with van der Waals surface area (Å²) in [4.78, 5) is 38.8. The standard InChI is InChI=1S/C22H19F3N2O6/c23-22(24,25)33-14-8-4-5-12(11-14)17-15-16(18(26-17)21(30)31)20(29)27(19(15)28)9-10-32-13-6-2-1-3-7-13/h1-8,11,15-18,26H,9-10H2,(H,30,31). The maximum atomic E-state index is 13.1. The highest BCUT2D eigenvalue weighted by molar-refractivity contribution is 6.08. The lowest BCUT2D eigenvalue weighted by molar-refractivity contribution is -0.274. The number of carboxylic acids is 1. The van der Waals surface area contributed by atoms with Crippen LogP contribution in [-0.2, 0) is 14.4 Å². The van der Waals surface area contributed by atoms with Crippen molar-refractivity contribution in [3.05, 3.63) is 60.2 Å². The summed E-state index contributed by atoms with van der Waals surface area (Å²) >= 11 is 0. The lowest BCUT2D eigenvalue weighted by atomic mass is 9.86. The molecule has 0 radical (unpaired) electrons. The molecule has 8 nitrogen and oxygen atoms in total. The number of nitrogens with one attached hydrogen (secondary N) is 1. The number of para-hydroxylation sites is 1. The number of alkyl halides is 3.